The van der Waals surface area contributed by atoms with Gasteiger partial charge in [-0.3, -0.25) is 9.78 Å². The van der Waals surface area contributed by atoms with E-state index in [1.54, 1.807) is 22.9 Å². The minimum Gasteiger partial charge on any atom is -0.354 e. The average molecular weight is 456 g/mol. The fraction of sp³-hybridized carbons (Fsp3) is 0.333. The number of hydrogen-bond acceptors (Lipinski definition) is 6. The zero-order chi connectivity index (χ0) is 23.9. The molecule has 3 aromatic heterocycles. The van der Waals surface area contributed by atoms with Crippen molar-refractivity contribution in [1.82, 2.24) is 19.7 Å². The standard InChI is InChI=1S/C27H29N5O2/c1-4-21(5-2)32-16-19(9-10-25(32)33)23-15-29-17(3)26(30-23)24-14-22(31-34-24)18-7-6-8-20(13-18)27(28)11-12-27/h6-10,13-16,21H,4-5,11-12,28H2,1-3H3. The second-order valence-electron chi connectivity index (χ2n) is 9.14. The first-order valence-corrected chi connectivity index (χ1v) is 11.8. The molecule has 1 fully saturated rings. The van der Waals surface area contributed by atoms with Crippen LogP contribution in [0.4, 0.5) is 0 Å². The smallest absolute Gasteiger partial charge is 0.250 e. The summed E-state index contributed by atoms with van der Waals surface area (Å²) in [6.45, 7) is 6.07. The van der Waals surface area contributed by atoms with Gasteiger partial charge in [0.05, 0.1) is 17.6 Å². The highest BCUT2D eigenvalue weighted by Crippen LogP contribution is 2.43. The SMILES string of the molecule is CCC(CC)n1cc(-c2cnc(C)c(-c3cc(-c4cccc(C5(N)CC5)c4)no3)n2)ccc1=O. The predicted molar refractivity (Wildman–Crippen MR) is 132 cm³/mol. The van der Waals surface area contributed by atoms with E-state index in [0.717, 1.165) is 53.8 Å². The van der Waals surface area contributed by atoms with E-state index < -0.39 is 0 Å². The monoisotopic (exact) mass is 455 g/mol. The lowest BCUT2D eigenvalue weighted by atomic mass is 10.0. The minimum atomic E-state index is -0.204. The number of pyridine rings is 1. The van der Waals surface area contributed by atoms with Gasteiger partial charge in [-0.1, -0.05) is 37.2 Å². The van der Waals surface area contributed by atoms with Crippen LogP contribution in [0.3, 0.4) is 0 Å². The molecule has 7 nitrogen and oxygen atoms in total. The first-order chi connectivity index (χ1) is 16.4. The van der Waals surface area contributed by atoms with Crippen molar-refractivity contribution in [3.63, 3.8) is 0 Å². The summed E-state index contributed by atoms with van der Waals surface area (Å²) in [5.74, 6) is 0.550. The predicted octanol–water partition coefficient (Wildman–Crippen LogP) is 5.24. The maximum atomic E-state index is 12.4. The Morgan fingerprint density at radius 2 is 1.88 bits per heavy atom. The van der Waals surface area contributed by atoms with Crippen molar-refractivity contribution in [2.45, 2.75) is 58.0 Å². The van der Waals surface area contributed by atoms with E-state index in [1.807, 2.05) is 31.3 Å². The Morgan fingerprint density at radius 1 is 1.09 bits per heavy atom. The second kappa shape index (κ2) is 8.65. The molecular formula is C27H29N5O2. The number of aryl methyl sites for hydroxylation is 1. The second-order valence-corrected chi connectivity index (χ2v) is 9.14. The number of nitrogens with zero attached hydrogens (tertiary/aromatic N) is 4. The molecule has 1 saturated carbocycles. The van der Waals surface area contributed by atoms with Crippen LogP contribution in [-0.2, 0) is 5.54 Å². The molecule has 0 unspecified atom stereocenters. The summed E-state index contributed by atoms with van der Waals surface area (Å²) in [7, 11) is 0. The van der Waals surface area contributed by atoms with Crippen molar-refractivity contribution in [3.05, 3.63) is 76.5 Å². The van der Waals surface area contributed by atoms with Crippen LogP contribution < -0.4 is 11.3 Å². The van der Waals surface area contributed by atoms with Crippen LogP contribution in [-0.4, -0.2) is 19.7 Å². The van der Waals surface area contributed by atoms with Gasteiger partial charge in [0, 0.05) is 41.0 Å². The van der Waals surface area contributed by atoms with Crippen LogP contribution in [0.15, 0.2) is 64.2 Å². The van der Waals surface area contributed by atoms with Crippen LogP contribution >= 0.6 is 0 Å². The number of nitrogens with two attached hydrogens (primary N) is 1. The molecule has 1 aliphatic rings. The molecule has 174 valence electrons. The molecule has 34 heavy (non-hydrogen) atoms. The molecular weight excluding hydrogens is 426 g/mol. The van der Waals surface area contributed by atoms with Gasteiger partial charge in [-0.25, -0.2) is 4.98 Å². The molecule has 1 aliphatic carbocycles. The Bertz CT molecular complexity index is 1400. The van der Waals surface area contributed by atoms with Gasteiger partial charge in [0.1, 0.15) is 11.4 Å². The van der Waals surface area contributed by atoms with E-state index in [1.165, 1.54) is 0 Å². The fourth-order valence-electron chi connectivity index (χ4n) is 4.38. The third-order valence-electron chi connectivity index (χ3n) is 6.79. The summed E-state index contributed by atoms with van der Waals surface area (Å²) < 4.78 is 7.49. The molecule has 0 amide bonds. The molecule has 0 atom stereocenters. The molecule has 0 spiro atoms. The quantitative estimate of drug-likeness (QED) is 0.409. The van der Waals surface area contributed by atoms with Crippen molar-refractivity contribution in [2.75, 3.05) is 0 Å². The third-order valence-corrected chi connectivity index (χ3v) is 6.79. The molecule has 1 aromatic carbocycles. The summed E-state index contributed by atoms with van der Waals surface area (Å²) in [6.07, 6.45) is 7.39. The average Bonchev–Trinajstić information content (AvgIpc) is 3.42. The van der Waals surface area contributed by atoms with E-state index in [0.29, 0.717) is 17.1 Å². The molecule has 0 aliphatic heterocycles. The first-order valence-electron chi connectivity index (χ1n) is 11.8. The molecule has 0 radical (unpaired) electrons. The van der Waals surface area contributed by atoms with Crippen LogP contribution in [0, 0.1) is 6.92 Å². The summed E-state index contributed by atoms with van der Waals surface area (Å²) >= 11 is 0. The largest absolute Gasteiger partial charge is 0.354 e. The zero-order valence-corrected chi connectivity index (χ0v) is 19.8. The topological polar surface area (TPSA) is 99.8 Å². The molecule has 2 N–H and O–H groups in total. The Balaban J connectivity index is 1.50. The lowest BCUT2D eigenvalue weighted by molar-refractivity contribution is 0.433. The Morgan fingerprint density at radius 3 is 2.62 bits per heavy atom. The van der Waals surface area contributed by atoms with Gasteiger partial charge >= 0.3 is 0 Å². The Kier molecular flexibility index (Phi) is 5.65. The van der Waals surface area contributed by atoms with Gasteiger partial charge in [0.15, 0.2) is 5.76 Å². The minimum absolute atomic E-state index is 0.00897. The van der Waals surface area contributed by atoms with Gasteiger partial charge < -0.3 is 14.8 Å². The van der Waals surface area contributed by atoms with Gasteiger partial charge in [-0.05, 0) is 50.3 Å². The van der Waals surface area contributed by atoms with Crippen LogP contribution in [0.5, 0.6) is 0 Å². The summed E-state index contributed by atoms with van der Waals surface area (Å²) in [5.41, 5.74) is 11.9. The third kappa shape index (κ3) is 4.07. The summed E-state index contributed by atoms with van der Waals surface area (Å²) in [4.78, 5) is 21.8. The maximum absolute atomic E-state index is 12.4. The van der Waals surface area contributed by atoms with Gasteiger partial charge in [0.25, 0.3) is 5.56 Å². The number of aromatic nitrogens is 4. The highest BCUT2D eigenvalue weighted by Gasteiger charge is 2.40. The van der Waals surface area contributed by atoms with Crippen molar-refractivity contribution < 1.29 is 4.52 Å². The van der Waals surface area contributed by atoms with Gasteiger partial charge in [-0.2, -0.15) is 0 Å². The lowest BCUT2D eigenvalue weighted by Crippen LogP contribution is -2.23. The zero-order valence-electron chi connectivity index (χ0n) is 19.8. The summed E-state index contributed by atoms with van der Waals surface area (Å²) in [5, 5.41) is 4.29. The first kappa shape index (κ1) is 22.2. The number of benzene rings is 1. The Labute approximate surface area is 198 Å². The van der Waals surface area contributed by atoms with Gasteiger partial charge in [0.2, 0.25) is 0 Å². The van der Waals surface area contributed by atoms with Crippen molar-refractivity contribution in [2.24, 2.45) is 5.73 Å². The van der Waals surface area contributed by atoms with Crippen molar-refractivity contribution >= 4 is 0 Å². The molecule has 7 heteroatoms. The molecule has 3 heterocycles. The molecule has 0 saturated heterocycles. The van der Waals surface area contributed by atoms with Crippen LogP contribution in [0.2, 0.25) is 0 Å². The molecule has 4 aromatic rings. The lowest BCUT2D eigenvalue weighted by Gasteiger charge is -2.17. The van der Waals surface area contributed by atoms with Crippen LogP contribution in [0.25, 0.3) is 34.0 Å². The van der Waals surface area contributed by atoms with E-state index in [-0.39, 0.29) is 17.1 Å². The van der Waals surface area contributed by atoms with E-state index in [4.69, 9.17) is 15.2 Å². The molecule has 0 bridgehead atoms. The normalized spacial score (nSPS) is 14.5. The van der Waals surface area contributed by atoms with Crippen LogP contribution in [0.1, 0.15) is 56.8 Å². The number of rotatable bonds is 7. The Hall–Kier alpha value is -3.58. The highest BCUT2D eigenvalue weighted by molar-refractivity contribution is 5.68. The number of hydrogen-bond donors (Lipinski definition) is 1. The van der Waals surface area contributed by atoms with E-state index in [2.05, 4.69) is 36.1 Å². The van der Waals surface area contributed by atoms with Crippen molar-refractivity contribution in [1.29, 1.82) is 0 Å². The van der Waals surface area contributed by atoms with Gasteiger partial charge in [-0.15, -0.1) is 0 Å². The van der Waals surface area contributed by atoms with E-state index >= 15 is 0 Å². The highest BCUT2D eigenvalue weighted by atomic mass is 16.5. The maximum Gasteiger partial charge on any atom is 0.250 e. The van der Waals surface area contributed by atoms with Crippen molar-refractivity contribution in [3.8, 4) is 34.0 Å². The molecule has 5 rings (SSSR count). The summed E-state index contributed by atoms with van der Waals surface area (Å²) in [6, 6.07) is 13.6. The van der Waals surface area contributed by atoms with E-state index in [9.17, 15) is 4.79 Å². The fourth-order valence-corrected chi connectivity index (χ4v) is 4.38.